The predicted octanol–water partition coefficient (Wildman–Crippen LogP) is 15.3. The van der Waals surface area contributed by atoms with Crippen molar-refractivity contribution in [1.82, 2.24) is 0 Å². The van der Waals surface area contributed by atoms with Gasteiger partial charge in [0.05, 0.1) is 16.8 Å². The minimum atomic E-state index is -0.493. The van der Waals surface area contributed by atoms with Crippen molar-refractivity contribution in [2.45, 2.75) is 5.41 Å². The SMILES string of the molecule is c1ccc(N(c2ccccc2)c2ccc3c(c2N(c2ccccc2)c2ccc4sc5ccccc5c4c2)-c2ccccc2C32c3ccccc3-c3ccccc32)cc1. The van der Waals surface area contributed by atoms with Crippen LogP contribution in [0.15, 0.2) is 218 Å². The number of benzene rings is 9. The molecule has 0 amide bonds. The standard InChI is InChI=1S/C55H36N2S/c1-4-18-37(19-5-1)56(38-20-6-2-7-21-38)50-34-33-49-53(44-27-12-16-30-48(44)55(49)46-28-14-10-24-41(46)42-25-11-15-29-47(42)55)54(50)57(39-22-8-3-9-23-39)40-32-35-52-45(36-40)43-26-13-17-31-51(43)58-52/h1-36H. The highest BCUT2D eigenvalue weighted by Gasteiger charge is 2.53. The zero-order chi connectivity index (χ0) is 38.2. The van der Waals surface area contributed by atoms with E-state index < -0.39 is 5.41 Å². The average molecular weight is 757 g/mol. The molecule has 12 rings (SSSR count). The lowest BCUT2D eigenvalue weighted by Crippen LogP contribution is -2.26. The molecule has 2 aliphatic carbocycles. The normalized spacial score (nSPS) is 13.0. The summed E-state index contributed by atoms with van der Waals surface area (Å²) in [6, 6.07) is 80.6. The van der Waals surface area contributed by atoms with Crippen LogP contribution in [0.1, 0.15) is 22.3 Å². The topological polar surface area (TPSA) is 6.48 Å². The Balaban J connectivity index is 1.26. The van der Waals surface area contributed by atoms with Gasteiger partial charge in [-0.1, -0.05) is 152 Å². The summed E-state index contributed by atoms with van der Waals surface area (Å²) in [4.78, 5) is 4.97. The highest BCUT2D eigenvalue weighted by Crippen LogP contribution is 2.66. The van der Waals surface area contributed by atoms with E-state index in [1.54, 1.807) is 0 Å². The van der Waals surface area contributed by atoms with Gasteiger partial charge in [0.2, 0.25) is 0 Å². The van der Waals surface area contributed by atoms with Crippen molar-refractivity contribution in [2.75, 3.05) is 9.80 Å². The van der Waals surface area contributed by atoms with E-state index in [1.165, 1.54) is 64.7 Å². The molecule has 0 N–H and O–H groups in total. The zero-order valence-electron chi connectivity index (χ0n) is 31.6. The third kappa shape index (κ3) is 4.65. The summed E-state index contributed by atoms with van der Waals surface area (Å²) >= 11 is 1.86. The summed E-state index contributed by atoms with van der Waals surface area (Å²) in [6.45, 7) is 0. The number of para-hydroxylation sites is 3. The van der Waals surface area contributed by atoms with E-state index in [4.69, 9.17) is 0 Å². The summed E-state index contributed by atoms with van der Waals surface area (Å²) in [5.74, 6) is 0. The monoisotopic (exact) mass is 756 g/mol. The molecule has 1 aromatic heterocycles. The number of hydrogen-bond donors (Lipinski definition) is 0. The number of rotatable bonds is 6. The van der Waals surface area contributed by atoms with Crippen molar-refractivity contribution in [3.63, 3.8) is 0 Å². The van der Waals surface area contributed by atoms with Crippen LogP contribution in [0.5, 0.6) is 0 Å². The Hall–Kier alpha value is -7.20. The van der Waals surface area contributed by atoms with Crippen molar-refractivity contribution >= 4 is 65.6 Å². The van der Waals surface area contributed by atoms with Crippen LogP contribution < -0.4 is 9.80 Å². The molecule has 0 radical (unpaired) electrons. The molecule has 2 aliphatic rings. The van der Waals surface area contributed by atoms with Crippen LogP contribution in [-0.4, -0.2) is 0 Å². The first-order chi connectivity index (χ1) is 28.8. The Labute approximate surface area is 342 Å². The second kappa shape index (κ2) is 12.9. The summed E-state index contributed by atoms with van der Waals surface area (Å²) in [5, 5.41) is 2.56. The minimum absolute atomic E-state index is 0.493. The van der Waals surface area contributed by atoms with Crippen LogP contribution in [0, 0.1) is 0 Å². The highest BCUT2D eigenvalue weighted by molar-refractivity contribution is 7.25. The first kappa shape index (κ1) is 33.0. The van der Waals surface area contributed by atoms with Gasteiger partial charge in [-0.25, -0.2) is 0 Å². The van der Waals surface area contributed by atoms with Gasteiger partial charge in [-0.15, -0.1) is 11.3 Å². The summed E-state index contributed by atoms with van der Waals surface area (Å²) < 4.78 is 2.59. The van der Waals surface area contributed by atoms with E-state index in [0.29, 0.717) is 0 Å². The lowest BCUT2D eigenvalue weighted by atomic mass is 9.70. The molecule has 272 valence electrons. The van der Waals surface area contributed by atoms with Crippen LogP contribution in [0.3, 0.4) is 0 Å². The van der Waals surface area contributed by atoms with Gasteiger partial charge in [0.15, 0.2) is 0 Å². The molecule has 0 aliphatic heterocycles. The second-order valence-electron chi connectivity index (χ2n) is 15.2. The molecule has 9 aromatic carbocycles. The van der Waals surface area contributed by atoms with Crippen molar-refractivity contribution in [3.8, 4) is 22.3 Å². The van der Waals surface area contributed by atoms with E-state index in [1.807, 2.05) is 11.3 Å². The van der Waals surface area contributed by atoms with Crippen LogP contribution in [0.2, 0.25) is 0 Å². The van der Waals surface area contributed by atoms with Gasteiger partial charge in [-0.2, -0.15) is 0 Å². The molecule has 1 spiro atoms. The molecule has 0 bridgehead atoms. The molecular formula is C55H36N2S. The minimum Gasteiger partial charge on any atom is -0.308 e. The van der Waals surface area contributed by atoms with Crippen molar-refractivity contribution in [3.05, 3.63) is 241 Å². The van der Waals surface area contributed by atoms with Crippen LogP contribution in [-0.2, 0) is 5.41 Å². The zero-order valence-corrected chi connectivity index (χ0v) is 32.4. The molecule has 0 atom stereocenters. The molecule has 1 heterocycles. The predicted molar refractivity (Wildman–Crippen MR) is 245 cm³/mol. The van der Waals surface area contributed by atoms with E-state index in [2.05, 4.69) is 228 Å². The molecule has 2 nitrogen and oxygen atoms in total. The summed E-state index contributed by atoms with van der Waals surface area (Å²) in [6.07, 6.45) is 0. The van der Waals surface area contributed by atoms with Crippen LogP contribution >= 0.6 is 11.3 Å². The Bertz CT molecular complexity index is 3100. The van der Waals surface area contributed by atoms with Gasteiger partial charge in [0, 0.05) is 48.5 Å². The maximum atomic E-state index is 2.53. The quantitative estimate of drug-likeness (QED) is 0.167. The third-order valence-corrected chi connectivity index (χ3v) is 13.4. The summed E-state index contributed by atoms with van der Waals surface area (Å²) in [7, 11) is 0. The molecule has 3 heteroatoms. The van der Waals surface area contributed by atoms with E-state index in [0.717, 1.165) is 34.1 Å². The maximum Gasteiger partial charge on any atom is 0.0784 e. The van der Waals surface area contributed by atoms with Gasteiger partial charge in [0.25, 0.3) is 0 Å². The molecule has 10 aromatic rings. The van der Waals surface area contributed by atoms with Crippen LogP contribution in [0.25, 0.3) is 42.4 Å². The average Bonchev–Trinajstić information content (AvgIpc) is 3.92. The number of fused-ring (bicyclic) bond motifs is 13. The van der Waals surface area contributed by atoms with Gasteiger partial charge >= 0.3 is 0 Å². The van der Waals surface area contributed by atoms with Gasteiger partial charge in [-0.3, -0.25) is 0 Å². The van der Waals surface area contributed by atoms with Crippen LogP contribution in [0.4, 0.5) is 34.1 Å². The highest BCUT2D eigenvalue weighted by atomic mass is 32.1. The van der Waals surface area contributed by atoms with Gasteiger partial charge in [0.1, 0.15) is 0 Å². The Morgan fingerprint density at radius 2 is 0.810 bits per heavy atom. The van der Waals surface area contributed by atoms with Crippen molar-refractivity contribution < 1.29 is 0 Å². The lowest BCUT2D eigenvalue weighted by molar-refractivity contribution is 0.793. The third-order valence-electron chi connectivity index (χ3n) is 12.2. The number of nitrogens with zero attached hydrogens (tertiary/aromatic N) is 2. The van der Waals surface area contributed by atoms with Crippen molar-refractivity contribution in [1.29, 1.82) is 0 Å². The molecular weight excluding hydrogens is 721 g/mol. The maximum absolute atomic E-state index is 2.53. The Morgan fingerprint density at radius 3 is 1.43 bits per heavy atom. The summed E-state index contributed by atoms with van der Waals surface area (Å²) in [5.41, 5.74) is 16.5. The van der Waals surface area contributed by atoms with Gasteiger partial charge in [-0.05, 0) is 106 Å². The molecule has 0 fully saturated rings. The smallest absolute Gasteiger partial charge is 0.0784 e. The number of thiophene rings is 1. The fourth-order valence-electron chi connectivity index (χ4n) is 9.98. The molecule has 0 saturated carbocycles. The second-order valence-corrected chi connectivity index (χ2v) is 16.3. The fourth-order valence-corrected chi connectivity index (χ4v) is 11.1. The van der Waals surface area contributed by atoms with E-state index in [9.17, 15) is 0 Å². The number of anilines is 6. The van der Waals surface area contributed by atoms with Gasteiger partial charge < -0.3 is 9.80 Å². The lowest BCUT2D eigenvalue weighted by Gasteiger charge is -2.36. The first-order valence-corrected chi connectivity index (χ1v) is 20.8. The van der Waals surface area contributed by atoms with Crippen molar-refractivity contribution in [2.24, 2.45) is 0 Å². The number of hydrogen-bond acceptors (Lipinski definition) is 3. The Kier molecular flexibility index (Phi) is 7.35. The molecule has 0 saturated heterocycles. The Morgan fingerprint density at radius 1 is 0.328 bits per heavy atom. The largest absolute Gasteiger partial charge is 0.308 e. The molecule has 0 unspecified atom stereocenters. The first-order valence-electron chi connectivity index (χ1n) is 19.9. The molecule has 58 heavy (non-hydrogen) atoms. The fraction of sp³-hybridized carbons (Fsp3) is 0.0182. The van der Waals surface area contributed by atoms with E-state index >= 15 is 0 Å². The van der Waals surface area contributed by atoms with E-state index in [-0.39, 0.29) is 0 Å².